The Morgan fingerprint density at radius 2 is 1.95 bits per heavy atom. The van der Waals surface area contributed by atoms with Crippen LogP contribution >= 0.6 is 0 Å². The minimum Gasteiger partial charge on any atom is -0.462 e. The van der Waals surface area contributed by atoms with Crippen molar-refractivity contribution >= 4 is 5.97 Å². The van der Waals surface area contributed by atoms with Gasteiger partial charge in [-0.25, -0.2) is 0 Å². The van der Waals surface area contributed by atoms with E-state index in [2.05, 4.69) is 13.8 Å². The fourth-order valence-corrected chi connectivity index (χ4v) is 5.62. The van der Waals surface area contributed by atoms with Crippen LogP contribution in [0.1, 0.15) is 33.6 Å². The van der Waals surface area contributed by atoms with Gasteiger partial charge in [0.2, 0.25) is 0 Å². The standard InChI is InChI=1S/C15H22O5/c1-13(2)4-7-8(5-13)14(3)9-11(16)19-6-15(9,18)10(7)20-12(14)17/h7-10,12,17-18H,4-6H2,1-3H3/t7-,8+,9-,10+,12+,14-,15+/m1/s1. The van der Waals surface area contributed by atoms with Crippen molar-refractivity contribution in [3.63, 3.8) is 0 Å². The summed E-state index contributed by atoms with van der Waals surface area (Å²) in [4.78, 5) is 12.2. The van der Waals surface area contributed by atoms with Crippen LogP contribution in [0.15, 0.2) is 0 Å². The first kappa shape index (κ1) is 13.0. The van der Waals surface area contributed by atoms with E-state index in [1.807, 2.05) is 6.92 Å². The van der Waals surface area contributed by atoms with E-state index in [1.54, 1.807) is 0 Å². The Morgan fingerprint density at radius 3 is 2.65 bits per heavy atom. The average molecular weight is 282 g/mol. The first-order valence-corrected chi connectivity index (χ1v) is 7.43. The summed E-state index contributed by atoms with van der Waals surface area (Å²) in [6.45, 7) is 6.29. The Balaban J connectivity index is 1.87. The maximum Gasteiger partial charge on any atom is 0.312 e. The van der Waals surface area contributed by atoms with Gasteiger partial charge in [-0.15, -0.1) is 0 Å². The lowest BCUT2D eigenvalue weighted by atomic mass is 9.50. The van der Waals surface area contributed by atoms with E-state index in [-0.39, 0.29) is 29.8 Å². The van der Waals surface area contributed by atoms with Crippen molar-refractivity contribution < 1.29 is 24.5 Å². The van der Waals surface area contributed by atoms with Crippen LogP contribution in [0.5, 0.6) is 0 Å². The monoisotopic (exact) mass is 282 g/mol. The van der Waals surface area contributed by atoms with Gasteiger partial charge in [0.05, 0.1) is 6.10 Å². The van der Waals surface area contributed by atoms with Crippen molar-refractivity contribution in [2.24, 2.45) is 28.6 Å². The highest BCUT2D eigenvalue weighted by Gasteiger charge is 2.77. The molecule has 3 heterocycles. The molecule has 2 bridgehead atoms. The number of aliphatic hydroxyl groups excluding tert-OH is 1. The van der Waals surface area contributed by atoms with Gasteiger partial charge in [-0.2, -0.15) is 0 Å². The van der Waals surface area contributed by atoms with E-state index in [9.17, 15) is 15.0 Å². The maximum absolute atomic E-state index is 12.2. The Kier molecular flexibility index (Phi) is 2.21. The molecule has 5 nitrogen and oxygen atoms in total. The molecule has 3 saturated heterocycles. The van der Waals surface area contributed by atoms with Crippen LogP contribution in [0.3, 0.4) is 0 Å². The minimum atomic E-state index is -1.27. The molecule has 0 amide bonds. The van der Waals surface area contributed by atoms with Gasteiger partial charge in [0, 0.05) is 5.41 Å². The van der Waals surface area contributed by atoms with Gasteiger partial charge in [0.25, 0.3) is 0 Å². The minimum absolute atomic E-state index is 0.00682. The molecule has 112 valence electrons. The topological polar surface area (TPSA) is 76.0 Å². The van der Waals surface area contributed by atoms with Crippen LogP contribution in [0.2, 0.25) is 0 Å². The highest BCUT2D eigenvalue weighted by atomic mass is 16.6. The second-order valence-corrected chi connectivity index (χ2v) is 8.15. The largest absolute Gasteiger partial charge is 0.462 e. The second kappa shape index (κ2) is 3.39. The molecule has 0 aromatic rings. The maximum atomic E-state index is 12.2. The highest BCUT2D eigenvalue weighted by Crippen LogP contribution is 2.68. The molecule has 3 aliphatic heterocycles. The lowest BCUT2D eigenvalue weighted by molar-refractivity contribution is -0.365. The molecule has 2 N–H and O–H groups in total. The van der Waals surface area contributed by atoms with Gasteiger partial charge in [-0.1, -0.05) is 20.8 Å². The Morgan fingerprint density at radius 1 is 1.25 bits per heavy atom. The summed E-state index contributed by atoms with van der Waals surface area (Å²) in [6.07, 6.45) is 0.403. The quantitative estimate of drug-likeness (QED) is 0.639. The normalized spacial score (nSPS) is 59.2. The van der Waals surface area contributed by atoms with Gasteiger partial charge in [0.1, 0.15) is 18.1 Å². The zero-order valence-electron chi connectivity index (χ0n) is 12.1. The molecule has 0 aromatic carbocycles. The fourth-order valence-electron chi connectivity index (χ4n) is 5.62. The Bertz CT molecular complexity index is 487. The van der Waals surface area contributed by atoms with Crippen molar-refractivity contribution in [1.29, 1.82) is 0 Å². The highest BCUT2D eigenvalue weighted by molar-refractivity contribution is 5.78. The molecule has 5 rings (SSSR count). The first-order chi connectivity index (χ1) is 9.20. The average Bonchev–Trinajstić information content (AvgIpc) is 2.82. The van der Waals surface area contributed by atoms with Crippen LogP contribution in [0.4, 0.5) is 0 Å². The van der Waals surface area contributed by atoms with Crippen molar-refractivity contribution in [1.82, 2.24) is 0 Å². The lowest BCUT2D eigenvalue weighted by Crippen LogP contribution is -2.74. The number of cyclic esters (lactones) is 1. The molecular weight excluding hydrogens is 260 g/mol. The molecule has 5 aliphatic rings. The van der Waals surface area contributed by atoms with Gasteiger partial charge in [-0.3, -0.25) is 4.79 Å². The molecule has 5 heteroatoms. The molecule has 0 spiro atoms. The van der Waals surface area contributed by atoms with E-state index in [1.165, 1.54) is 0 Å². The fraction of sp³-hybridized carbons (Fsp3) is 0.933. The summed E-state index contributed by atoms with van der Waals surface area (Å²) in [5.74, 6) is -0.666. The van der Waals surface area contributed by atoms with E-state index < -0.39 is 29.3 Å². The van der Waals surface area contributed by atoms with Gasteiger partial charge in [-0.05, 0) is 30.1 Å². The predicted octanol–water partition coefficient (Wildman–Crippen LogP) is 0.680. The van der Waals surface area contributed by atoms with Crippen molar-refractivity contribution in [3.8, 4) is 0 Å². The Hall–Kier alpha value is -0.650. The summed E-state index contributed by atoms with van der Waals surface area (Å²) in [7, 11) is 0. The lowest BCUT2D eigenvalue weighted by Gasteiger charge is -2.62. The summed E-state index contributed by atoms with van der Waals surface area (Å²) in [5.41, 5.74) is -1.87. The van der Waals surface area contributed by atoms with Gasteiger partial charge < -0.3 is 19.7 Å². The van der Waals surface area contributed by atoms with Gasteiger partial charge >= 0.3 is 5.97 Å². The van der Waals surface area contributed by atoms with E-state index >= 15 is 0 Å². The van der Waals surface area contributed by atoms with Crippen molar-refractivity contribution in [2.45, 2.75) is 51.6 Å². The molecule has 5 fully saturated rings. The van der Waals surface area contributed by atoms with Crippen molar-refractivity contribution in [3.05, 3.63) is 0 Å². The molecule has 0 aromatic heterocycles. The van der Waals surface area contributed by atoms with E-state index in [0.29, 0.717) is 0 Å². The molecular formula is C15H22O5. The SMILES string of the molecule is CC1(C)C[C@H]2[C@@H]3O[C@H](O)[C@](C)([C@H]2C1)[C@H]1C(=O)OC[C@@]31O. The number of fused-ring (bicyclic) bond motifs is 1. The number of esters is 1. The molecule has 2 aliphatic carbocycles. The summed E-state index contributed by atoms with van der Waals surface area (Å²) in [6, 6.07) is 0. The number of carbonyl (C=O) groups excluding carboxylic acids is 1. The first-order valence-electron chi connectivity index (χ1n) is 7.43. The molecule has 2 saturated carbocycles. The number of carbonyl (C=O) groups is 1. The summed E-state index contributed by atoms with van der Waals surface area (Å²) >= 11 is 0. The molecule has 0 unspecified atom stereocenters. The number of hydrogen-bond donors (Lipinski definition) is 2. The smallest absolute Gasteiger partial charge is 0.312 e. The third kappa shape index (κ3) is 1.23. The zero-order chi connectivity index (χ0) is 14.5. The molecule has 7 atom stereocenters. The molecule has 0 radical (unpaired) electrons. The van der Waals surface area contributed by atoms with Crippen LogP contribution in [0.25, 0.3) is 0 Å². The Labute approximate surface area is 118 Å². The summed E-state index contributed by atoms with van der Waals surface area (Å²) in [5, 5.41) is 21.4. The van der Waals surface area contributed by atoms with E-state index in [0.717, 1.165) is 12.8 Å². The number of rotatable bonds is 0. The number of ether oxygens (including phenoxy) is 2. The van der Waals surface area contributed by atoms with Crippen molar-refractivity contribution in [2.75, 3.05) is 6.61 Å². The molecule has 20 heavy (non-hydrogen) atoms. The van der Waals surface area contributed by atoms with Gasteiger partial charge in [0.15, 0.2) is 6.29 Å². The van der Waals surface area contributed by atoms with Crippen LogP contribution < -0.4 is 0 Å². The van der Waals surface area contributed by atoms with E-state index in [4.69, 9.17) is 9.47 Å². The second-order valence-electron chi connectivity index (χ2n) is 8.15. The summed E-state index contributed by atoms with van der Waals surface area (Å²) < 4.78 is 10.9. The van der Waals surface area contributed by atoms with Crippen LogP contribution in [-0.4, -0.2) is 40.8 Å². The predicted molar refractivity (Wildman–Crippen MR) is 68.4 cm³/mol. The number of aliphatic hydroxyl groups is 2. The van der Waals surface area contributed by atoms with Crippen LogP contribution in [-0.2, 0) is 14.3 Å². The number of hydrogen-bond acceptors (Lipinski definition) is 5. The third-order valence-electron chi connectivity index (χ3n) is 6.37. The zero-order valence-corrected chi connectivity index (χ0v) is 12.1. The third-order valence-corrected chi connectivity index (χ3v) is 6.37. The van der Waals surface area contributed by atoms with Crippen LogP contribution in [0, 0.1) is 28.6 Å².